The Morgan fingerprint density at radius 3 is 2.22 bits per heavy atom. The first-order chi connectivity index (χ1) is 16.8. The molecule has 0 amide bonds. The third kappa shape index (κ3) is 7.00. The largest absolute Gasteiger partial charge is 0.481 e. The van der Waals surface area contributed by atoms with Crippen LogP contribution in [-0.4, -0.2) is 27.5 Å². The molecule has 0 saturated carbocycles. The number of nitrogens with zero attached hydrogens (tertiary/aromatic N) is 2. The number of alkyl halides is 6. The van der Waals surface area contributed by atoms with Crippen LogP contribution in [0.15, 0.2) is 42.6 Å². The van der Waals surface area contributed by atoms with Gasteiger partial charge in [-0.3, -0.25) is 14.7 Å². The van der Waals surface area contributed by atoms with Crippen LogP contribution in [0.25, 0.3) is 0 Å². The number of hydrogen-bond donors (Lipinski definition) is 1. The van der Waals surface area contributed by atoms with Gasteiger partial charge in [-0.1, -0.05) is 43.9 Å². The summed E-state index contributed by atoms with van der Waals surface area (Å²) in [6, 6.07) is 5.69. The molecular weight excluding hydrogens is 486 g/mol. The van der Waals surface area contributed by atoms with Gasteiger partial charge < -0.3 is 5.11 Å². The molecule has 4 nitrogen and oxygen atoms in total. The van der Waals surface area contributed by atoms with Gasteiger partial charge in [-0.05, 0) is 48.1 Å². The molecule has 0 unspecified atom stereocenters. The third-order valence-electron chi connectivity index (χ3n) is 6.07. The molecule has 3 rings (SSSR count). The van der Waals surface area contributed by atoms with E-state index < -0.39 is 41.7 Å². The average molecular weight is 512 g/mol. The van der Waals surface area contributed by atoms with Crippen LogP contribution in [0.4, 0.5) is 26.3 Å². The Morgan fingerprint density at radius 2 is 1.72 bits per heavy atom. The highest BCUT2D eigenvalue weighted by Crippen LogP contribution is 2.42. The summed E-state index contributed by atoms with van der Waals surface area (Å²) in [6.07, 6.45) is -7.23. The second kappa shape index (κ2) is 10.9. The molecule has 3 atom stereocenters. The number of aromatic nitrogens is 1. The van der Waals surface area contributed by atoms with Crippen molar-refractivity contribution in [3.63, 3.8) is 0 Å². The maximum Gasteiger partial charge on any atom is 0.433 e. The van der Waals surface area contributed by atoms with E-state index >= 15 is 0 Å². The van der Waals surface area contributed by atoms with Crippen LogP contribution in [-0.2, 0) is 17.1 Å². The summed E-state index contributed by atoms with van der Waals surface area (Å²) in [5, 5.41) is 9.28. The number of benzene rings is 1. The Balaban J connectivity index is 2.03. The van der Waals surface area contributed by atoms with E-state index in [-0.39, 0.29) is 18.3 Å². The first kappa shape index (κ1) is 27.5. The highest BCUT2D eigenvalue weighted by molar-refractivity contribution is 5.67. The summed E-state index contributed by atoms with van der Waals surface area (Å²) in [7, 11) is 0. The Kier molecular flexibility index (Phi) is 8.34. The molecule has 10 heteroatoms. The molecule has 2 aromatic rings. The zero-order valence-corrected chi connectivity index (χ0v) is 19.7. The number of carboxylic acids is 1. The number of carboxylic acid groups (broad SMARTS) is 1. The van der Waals surface area contributed by atoms with Crippen molar-refractivity contribution in [3.8, 4) is 11.8 Å². The number of halogens is 6. The monoisotopic (exact) mass is 512 g/mol. The fourth-order valence-electron chi connectivity index (χ4n) is 4.36. The minimum absolute atomic E-state index is 0.0380. The van der Waals surface area contributed by atoms with Gasteiger partial charge in [-0.2, -0.15) is 26.3 Å². The highest BCUT2D eigenvalue weighted by atomic mass is 19.4. The zero-order chi connectivity index (χ0) is 26.7. The van der Waals surface area contributed by atoms with Crippen LogP contribution in [0, 0.1) is 23.7 Å². The first-order valence-corrected chi connectivity index (χ1v) is 11.4. The van der Waals surface area contributed by atoms with Crippen molar-refractivity contribution in [1.82, 2.24) is 9.88 Å². The fourth-order valence-corrected chi connectivity index (χ4v) is 4.36. The molecule has 1 fully saturated rings. The Hall–Kier alpha value is -3.06. The molecule has 0 spiro atoms. The number of hydrogen-bond acceptors (Lipinski definition) is 3. The van der Waals surface area contributed by atoms with E-state index in [0.717, 1.165) is 24.4 Å². The van der Waals surface area contributed by atoms with Gasteiger partial charge in [0.1, 0.15) is 5.69 Å². The summed E-state index contributed by atoms with van der Waals surface area (Å²) >= 11 is 0. The maximum absolute atomic E-state index is 13.1. The molecule has 1 saturated heterocycles. The van der Waals surface area contributed by atoms with Gasteiger partial charge in [0.25, 0.3) is 0 Å². The smallest absolute Gasteiger partial charge is 0.433 e. The van der Waals surface area contributed by atoms with E-state index in [0.29, 0.717) is 30.5 Å². The number of aliphatic carboxylic acids is 1. The van der Waals surface area contributed by atoms with Gasteiger partial charge in [0.05, 0.1) is 11.6 Å². The minimum atomic E-state index is -4.60. The number of pyridine rings is 1. The lowest BCUT2D eigenvalue weighted by Crippen LogP contribution is -2.39. The third-order valence-corrected chi connectivity index (χ3v) is 6.07. The van der Waals surface area contributed by atoms with Gasteiger partial charge >= 0.3 is 18.3 Å². The van der Waals surface area contributed by atoms with Crippen LogP contribution < -0.4 is 0 Å². The molecular formula is C26H26F6N2O2. The summed E-state index contributed by atoms with van der Waals surface area (Å²) in [5.41, 5.74) is -0.876. The van der Waals surface area contributed by atoms with E-state index in [9.17, 15) is 36.2 Å². The van der Waals surface area contributed by atoms with Gasteiger partial charge in [-0.15, -0.1) is 0 Å². The quantitative estimate of drug-likeness (QED) is 0.356. The lowest BCUT2D eigenvalue weighted by Gasteiger charge is -2.42. The van der Waals surface area contributed by atoms with Crippen LogP contribution in [0.3, 0.4) is 0 Å². The van der Waals surface area contributed by atoms with Crippen molar-refractivity contribution < 1.29 is 36.2 Å². The van der Waals surface area contributed by atoms with Crippen LogP contribution in [0.2, 0.25) is 0 Å². The van der Waals surface area contributed by atoms with Crippen molar-refractivity contribution in [1.29, 1.82) is 0 Å². The van der Waals surface area contributed by atoms with Crippen molar-refractivity contribution in [3.05, 3.63) is 65.0 Å². The number of rotatable bonds is 5. The molecule has 36 heavy (non-hydrogen) atoms. The number of piperidine rings is 1. The molecule has 0 bridgehead atoms. The van der Waals surface area contributed by atoms with E-state index in [1.165, 1.54) is 18.2 Å². The summed E-state index contributed by atoms with van der Waals surface area (Å²) in [6.45, 7) is 4.09. The summed E-state index contributed by atoms with van der Waals surface area (Å²) in [4.78, 5) is 16.8. The summed E-state index contributed by atoms with van der Waals surface area (Å²) in [5.74, 6) is 4.94. The predicted octanol–water partition coefficient (Wildman–Crippen LogP) is 6.75. The van der Waals surface area contributed by atoms with Crippen molar-refractivity contribution in [2.45, 2.75) is 57.5 Å². The van der Waals surface area contributed by atoms with Gasteiger partial charge in [0, 0.05) is 31.1 Å². The highest BCUT2D eigenvalue weighted by Gasteiger charge is 2.37. The SMILES string of the molecule is CC(C)C#C[C@H](c1ccc(C(F)(F)F)nc1)N1CC[C@@H](CC(=O)O)C[C@H]1c1ccc(C(F)(F)F)cc1. The standard InChI is InChI=1S/C26H26F6N2O2/c1-16(2)3-9-21(19-6-10-23(33-15-19)26(30,31)32)34-12-11-17(14-24(35)36)13-22(34)18-4-7-20(8-5-18)25(27,28)29/h4-8,10,15-17,21-22H,11-14H2,1-2H3,(H,35,36)/t17-,21-,22+/m1/s1. The van der Waals surface area contributed by atoms with E-state index in [2.05, 4.69) is 16.8 Å². The summed E-state index contributed by atoms with van der Waals surface area (Å²) < 4.78 is 78.5. The molecule has 2 heterocycles. The number of carbonyl (C=O) groups is 1. The van der Waals surface area contributed by atoms with Crippen LogP contribution in [0.1, 0.15) is 67.6 Å². The van der Waals surface area contributed by atoms with Crippen LogP contribution >= 0.6 is 0 Å². The minimum Gasteiger partial charge on any atom is -0.481 e. The van der Waals surface area contributed by atoms with E-state index in [1.54, 1.807) is 0 Å². The van der Waals surface area contributed by atoms with Crippen LogP contribution in [0.5, 0.6) is 0 Å². The Morgan fingerprint density at radius 1 is 1.06 bits per heavy atom. The molecule has 1 N–H and O–H groups in total. The molecule has 1 aliphatic heterocycles. The molecule has 194 valence electrons. The van der Waals surface area contributed by atoms with Crippen molar-refractivity contribution >= 4 is 5.97 Å². The van der Waals surface area contributed by atoms with E-state index in [1.807, 2.05) is 18.7 Å². The predicted molar refractivity (Wildman–Crippen MR) is 120 cm³/mol. The average Bonchev–Trinajstić information content (AvgIpc) is 2.78. The van der Waals surface area contributed by atoms with Gasteiger partial charge in [-0.25, -0.2) is 0 Å². The van der Waals surface area contributed by atoms with Crippen molar-refractivity contribution in [2.24, 2.45) is 11.8 Å². The normalized spacial score (nSPS) is 20.0. The van der Waals surface area contributed by atoms with E-state index in [4.69, 9.17) is 0 Å². The topological polar surface area (TPSA) is 53.4 Å². The van der Waals surface area contributed by atoms with Gasteiger partial charge in [0.15, 0.2) is 0 Å². The zero-order valence-electron chi connectivity index (χ0n) is 19.7. The fraction of sp³-hybridized carbons (Fsp3) is 0.462. The molecule has 1 aliphatic rings. The lowest BCUT2D eigenvalue weighted by molar-refractivity contribution is -0.141. The first-order valence-electron chi connectivity index (χ1n) is 11.4. The second-order valence-corrected chi connectivity index (χ2v) is 9.18. The van der Waals surface area contributed by atoms with Crippen molar-refractivity contribution in [2.75, 3.05) is 6.54 Å². The Labute approximate surface area is 205 Å². The lowest BCUT2D eigenvalue weighted by atomic mass is 9.83. The molecule has 0 aliphatic carbocycles. The second-order valence-electron chi connectivity index (χ2n) is 9.18. The van der Waals surface area contributed by atoms with Gasteiger partial charge in [0.2, 0.25) is 0 Å². The molecule has 1 aromatic heterocycles. The number of likely N-dealkylation sites (tertiary alicyclic amines) is 1. The maximum atomic E-state index is 13.1. The molecule has 1 aromatic carbocycles. The Bertz CT molecular complexity index is 1100. The molecule has 0 radical (unpaired) electrons.